The van der Waals surface area contributed by atoms with Gasteiger partial charge < -0.3 is 5.32 Å². The van der Waals surface area contributed by atoms with Gasteiger partial charge in [0.15, 0.2) is 0 Å². The minimum atomic E-state index is 0.486. The van der Waals surface area contributed by atoms with Crippen molar-refractivity contribution in [2.45, 2.75) is 33.4 Å². The van der Waals surface area contributed by atoms with E-state index in [1.54, 1.807) is 0 Å². The number of hydrogen-bond acceptors (Lipinski definition) is 2. The smallest absolute Gasteiger partial charge is 0.0761 e. The summed E-state index contributed by atoms with van der Waals surface area (Å²) in [4.78, 5) is 4.44. The molecule has 0 aliphatic carbocycles. The fraction of sp³-hybridized carbons (Fsp3) is 0.400. The summed E-state index contributed by atoms with van der Waals surface area (Å²) >= 11 is 6.18. The first kappa shape index (κ1) is 13.3. The van der Waals surface area contributed by atoms with Gasteiger partial charge in [0.2, 0.25) is 0 Å². The number of halogens is 1. The van der Waals surface area contributed by atoms with E-state index in [9.17, 15) is 0 Å². The van der Waals surface area contributed by atoms with Gasteiger partial charge >= 0.3 is 0 Å². The Morgan fingerprint density at radius 2 is 2.00 bits per heavy atom. The molecule has 1 N–H and O–H groups in total. The number of aromatic nitrogens is 1. The van der Waals surface area contributed by atoms with Crippen LogP contribution in [-0.2, 0) is 6.54 Å². The molecule has 0 saturated carbocycles. The van der Waals surface area contributed by atoms with E-state index >= 15 is 0 Å². The summed E-state index contributed by atoms with van der Waals surface area (Å²) in [5.41, 5.74) is 2.19. The zero-order valence-corrected chi connectivity index (χ0v) is 11.8. The highest BCUT2D eigenvalue weighted by Crippen LogP contribution is 2.24. The molecule has 1 aromatic carbocycles. The number of benzene rings is 1. The number of rotatable bonds is 4. The summed E-state index contributed by atoms with van der Waals surface area (Å²) in [5.74, 6) is 0.622. The quantitative estimate of drug-likeness (QED) is 0.900. The van der Waals surface area contributed by atoms with Crippen LogP contribution in [0.5, 0.6) is 0 Å². The second-order valence-corrected chi connectivity index (χ2v) is 5.43. The van der Waals surface area contributed by atoms with E-state index in [1.165, 1.54) is 5.56 Å². The molecule has 0 spiro atoms. The van der Waals surface area contributed by atoms with Gasteiger partial charge in [0.1, 0.15) is 0 Å². The van der Waals surface area contributed by atoms with Crippen molar-refractivity contribution in [2.24, 2.45) is 5.92 Å². The van der Waals surface area contributed by atoms with Crippen LogP contribution in [0.3, 0.4) is 0 Å². The van der Waals surface area contributed by atoms with Gasteiger partial charge in [-0.25, -0.2) is 0 Å². The van der Waals surface area contributed by atoms with Crippen LogP contribution in [0.4, 0.5) is 0 Å². The van der Waals surface area contributed by atoms with Crippen LogP contribution in [0.25, 0.3) is 10.9 Å². The van der Waals surface area contributed by atoms with Crippen molar-refractivity contribution in [2.75, 3.05) is 0 Å². The van der Waals surface area contributed by atoms with Crippen molar-refractivity contribution >= 4 is 22.5 Å². The van der Waals surface area contributed by atoms with E-state index in [-0.39, 0.29) is 0 Å². The van der Waals surface area contributed by atoms with Gasteiger partial charge in [0.05, 0.1) is 5.52 Å². The molecular weight excluding hydrogens is 244 g/mol. The van der Waals surface area contributed by atoms with Crippen LogP contribution in [-0.4, -0.2) is 11.0 Å². The Morgan fingerprint density at radius 3 is 2.72 bits per heavy atom. The molecule has 96 valence electrons. The van der Waals surface area contributed by atoms with Crippen molar-refractivity contribution in [3.05, 3.63) is 41.0 Å². The highest BCUT2D eigenvalue weighted by molar-refractivity contribution is 6.35. The lowest BCUT2D eigenvalue weighted by Crippen LogP contribution is -2.30. The topological polar surface area (TPSA) is 24.9 Å². The van der Waals surface area contributed by atoms with Crippen molar-refractivity contribution in [1.29, 1.82) is 0 Å². The number of fused-ring (bicyclic) bond motifs is 1. The molecule has 0 bridgehead atoms. The van der Waals surface area contributed by atoms with Crippen LogP contribution in [0.15, 0.2) is 30.5 Å². The summed E-state index contributed by atoms with van der Waals surface area (Å²) in [6, 6.07) is 8.42. The molecule has 18 heavy (non-hydrogen) atoms. The molecule has 0 aliphatic rings. The number of pyridine rings is 1. The Bertz CT molecular complexity index is 537. The van der Waals surface area contributed by atoms with Gasteiger partial charge in [-0.3, -0.25) is 4.98 Å². The molecule has 2 rings (SSSR count). The molecule has 0 amide bonds. The summed E-state index contributed by atoms with van der Waals surface area (Å²) in [7, 11) is 0. The molecule has 0 radical (unpaired) electrons. The largest absolute Gasteiger partial charge is 0.310 e. The summed E-state index contributed by atoms with van der Waals surface area (Å²) < 4.78 is 0. The first-order chi connectivity index (χ1) is 8.59. The third kappa shape index (κ3) is 2.82. The van der Waals surface area contributed by atoms with Crippen molar-refractivity contribution in [1.82, 2.24) is 10.3 Å². The average Bonchev–Trinajstić information content (AvgIpc) is 2.38. The normalized spacial score (nSPS) is 13.2. The molecule has 1 unspecified atom stereocenters. The van der Waals surface area contributed by atoms with E-state index in [0.29, 0.717) is 12.0 Å². The highest BCUT2D eigenvalue weighted by atomic mass is 35.5. The molecule has 1 atom stereocenters. The molecule has 1 aromatic heterocycles. The number of nitrogens with one attached hydrogen (secondary N) is 1. The van der Waals surface area contributed by atoms with E-state index in [4.69, 9.17) is 11.6 Å². The molecule has 3 heteroatoms. The lowest BCUT2D eigenvalue weighted by molar-refractivity contribution is 0.426. The van der Waals surface area contributed by atoms with Gasteiger partial charge in [-0.2, -0.15) is 0 Å². The fourth-order valence-corrected chi connectivity index (χ4v) is 2.06. The fourth-order valence-electron chi connectivity index (χ4n) is 1.85. The second kappa shape index (κ2) is 5.68. The average molecular weight is 263 g/mol. The maximum atomic E-state index is 6.18. The van der Waals surface area contributed by atoms with Crippen LogP contribution < -0.4 is 5.32 Å². The van der Waals surface area contributed by atoms with Gasteiger partial charge in [0.25, 0.3) is 0 Å². The van der Waals surface area contributed by atoms with E-state index in [0.717, 1.165) is 22.5 Å². The zero-order chi connectivity index (χ0) is 13.1. The Labute approximate surface area is 113 Å². The predicted octanol–water partition coefficient (Wildman–Crippen LogP) is 4.02. The Kier molecular flexibility index (Phi) is 4.20. The molecule has 2 aromatic rings. The van der Waals surface area contributed by atoms with Gasteiger partial charge in [-0.05, 0) is 36.6 Å². The third-order valence-corrected chi connectivity index (χ3v) is 3.74. The number of nitrogens with zero attached hydrogens (tertiary/aromatic N) is 1. The molecule has 2 nitrogen and oxygen atoms in total. The molecule has 0 saturated heterocycles. The lowest BCUT2D eigenvalue weighted by Gasteiger charge is -2.18. The molecular formula is C15H19ClN2. The second-order valence-electron chi connectivity index (χ2n) is 5.02. The lowest BCUT2D eigenvalue weighted by atomic mass is 10.1. The number of hydrogen-bond donors (Lipinski definition) is 1. The maximum Gasteiger partial charge on any atom is 0.0761 e. The van der Waals surface area contributed by atoms with Gasteiger partial charge in [0, 0.05) is 29.2 Å². The van der Waals surface area contributed by atoms with Crippen molar-refractivity contribution in [3.63, 3.8) is 0 Å². The van der Waals surface area contributed by atoms with E-state index in [1.807, 2.05) is 24.4 Å². The summed E-state index contributed by atoms with van der Waals surface area (Å²) in [6.45, 7) is 7.46. The zero-order valence-electron chi connectivity index (χ0n) is 11.1. The van der Waals surface area contributed by atoms with Crippen LogP contribution in [0.2, 0.25) is 5.02 Å². The van der Waals surface area contributed by atoms with E-state index in [2.05, 4.69) is 37.1 Å². The Hall–Kier alpha value is -1.12. The maximum absolute atomic E-state index is 6.18. The van der Waals surface area contributed by atoms with Crippen LogP contribution in [0, 0.1) is 5.92 Å². The monoisotopic (exact) mass is 262 g/mol. The summed E-state index contributed by atoms with van der Waals surface area (Å²) in [5, 5.41) is 5.31. The molecule has 1 heterocycles. The van der Waals surface area contributed by atoms with E-state index < -0.39 is 0 Å². The third-order valence-electron chi connectivity index (χ3n) is 3.41. The van der Waals surface area contributed by atoms with Crippen molar-refractivity contribution < 1.29 is 0 Å². The standard InChI is InChI=1S/C15H19ClN2/c1-10(2)11(3)18-9-12-6-7-14(16)13-5-4-8-17-15(12)13/h4-8,10-11,18H,9H2,1-3H3. The minimum Gasteiger partial charge on any atom is -0.310 e. The first-order valence-corrected chi connectivity index (χ1v) is 6.73. The van der Waals surface area contributed by atoms with Gasteiger partial charge in [-0.1, -0.05) is 31.5 Å². The summed E-state index contributed by atoms with van der Waals surface area (Å²) in [6.07, 6.45) is 1.81. The van der Waals surface area contributed by atoms with Crippen molar-refractivity contribution in [3.8, 4) is 0 Å². The Balaban J connectivity index is 2.26. The van der Waals surface area contributed by atoms with Crippen LogP contribution >= 0.6 is 11.6 Å². The van der Waals surface area contributed by atoms with Crippen LogP contribution in [0.1, 0.15) is 26.3 Å². The Morgan fingerprint density at radius 1 is 1.22 bits per heavy atom. The predicted molar refractivity (Wildman–Crippen MR) is 77.9 cm³/mol. The molecule has 0 fully saturated rings. The SMILES string of the molecule is CC(C)C(C)NCc1ccc(Cl)c2cccnc12. The van der Waals surface area contributed by atoms with Gasteiger partial charge in [-0.15, -0.1) is 0 Å². The first-order valence-electron chi connectivity index (χ1n) is 6.35. The molecule has 0 aliphatic heterocycles. The highest BCUT2D eigenvalue weighted by Gasteiger charge is 2.09. The minimum absolute atomic E-state index is 0.486.